The van der Waals surface area contributed by atoms with Gasteiger partial charge in [-0.3, -0.25) is 14.4 Å². The highest BCUT2D eigenvalue weighted by atomic mass is 16.7. The number of ether oxygens (including phenoxy) is 5. The molecule has 248 valence electrons. The summed E-state index contributed by atoms with van der Waals surface area (Å²) in [7, 11) is 0. The van der Waals surface area contributed by atoms with Crippen molar-refractivity contribution in [3.05, 3.63) is 71.8 Å². The molecule has 9 nitrogen and oxygen atoms in total. The first-order valence-electron chi connectivity index (χ1n) is 16.5. The van der Waals surface area contributed by atoms with Gasteiger partial charge in [-0.1, -0.05) is 125 Å². The number of esters is 2. The van der Waals surface area contributed by atoms with E-state index in [0.29, 0.717) is 6.54 Å². The van der Waals surface area contributed by atoms with E-state index in [2.05, 4.69) is 12.2 Å². The molecular formula is C36H51NO8. The molecule has 0 radical (unpaired) electrons. The van der Waals surface area contributed by atoms with Crippen LogP contribution in [0.25, 0.3) is 0 Å². The molecule has 0 aromatic heterocycles. The van der Waals surface area contributed by atoms with Crippen LogP contribution in [0.1, 0.15) is 96.1 Å². The fraction of sp³-hybridized carbons (Fsp3) is 0.583. The summed E-state index contributed by atoms with van der Waals surface area (Å²) in [6.07, 6.45) is 6.47. The van der Waals surface area contributed by atoms with Crippen LogP contribution in [-0.2, 0) is 51.3 Å². The minimum atomic E-state index is -1.27. The van der Waals surface area contributed by atoms with Gasteiger partial charge >= 0.3 is 11.9 Å². The number of amides is 1. The second-order valence-corrected chi connectivity index (χ2v) is 11.6. The van der Waals surface area contributed by atoms with Crippen LogP contribution in [0.15, 0.2) is 60.7 Å². The van der Waals surface area contributed by atoms with Gasteiger partial charge in [0, 0.05) is 20.4 Å². The van der Waals surface area contributed by atoms with Crippen molar-refractivity contribution in [2.75, 3.05) is 6.54 Å². The first-order chi connectivity index (χ1) is 21.9. The van der Waals surface area contributed by atoms with Gasteiger partial charge in [0.15, 0.2) is 12.2 Å². The molecule has 1 N–H and O–H groups in total. The molecule has 1 aliphatic heterocycles. The van der Waals surface area contributed by atoms with E-state index in [1.807, 2.05) is 60.7 Å². The molecule has 3 rings (SSSR count). The minimum Gasteiger partial charge on any atom is -0.453 e. The second-order valence-electron chi connectivity index (χ2n) is 11.6. The number of hydrogen-bond donors (Lipinski definition) is 1. The summed E-state index contributed by atoms with van der Waals surface area (Å²) in [4.78, 5) is 37.8. The van der Waals surface area contributed by atoms with Crippen molar-refractivity contribution in [3.8, 4) is 0 Å². The van der Waals surface area contributed by atoms with Crippen LogP contribution in [0, 0.1) is 0 Å². The second kappa shape index (κ2) is 20.7. The van der Waals surface area contributed by atoms with E-state index >= 15 is 0 Å². The van der Waals surface area contributed by atoms with Crippen LogP contribution in [0.2, 0.25) is 0 Å². The van der Waals surface area contributed by atoms with Gasteiger partial charge in [-0.15, -0.1) is 0 Å². The zero-order valence-corrected chi connectivity index (χ0v) is 27.1. The highest BCUT2D eigenvalue weighted by molar-refractivity contribution is 5.81. The van der Waals surface area contributed by atoms with Crippen molar-refractivity contribution < 1.29 is 38.1 Å². The molecule has 0 spiro atoms. The summed E-state index contributed by atoms with van der Waals surface area (Å²) in [5, 5.41) is 3.01. The summed E-state index contributed by atoms with van der Waals surface area (Å²) in [5.41, 5.74) is 1.75. The normalized spacial score (nSPS) is 20.0. The van der Waals surface area contributed by atoms with E-state index < -0.39 is 42.6 Å². The van der Waals surface area contributed by atoms with Gasteiger partial charge in [0.2, 0.25) is 6.29 Å². The Morgan fingerprint density at radius 3 is 1.80 bits per heavy atom. The van der Waals surface area contributed by atoms with Crippen LogP contribution in [0.3, 0.4) is 0 Å². The Bertz CT molecular complexity index is 1130. The molecule has 1 saturated heterocycles. The average Bonchev–Trinajstić information content (AvgIpc) is 3.34. The first-order valence-corrected chi connectivity index (χ1v) is 16.5. The molecule has 0 aliphatic carbocycles. The fourth-order valence-corrected chi connectivity index (χ4v) is 5.43. The van der Waals surface area contributed by atoms with Gasteiger partial charge < -0.3 is 29.0 Å². The van der Waals surface area contributed by atoms with Gasteiger partial charge in [-0.05, 0) is 17.5 Å². The molecule has 9 heteroatoms. The summed E-state index contributed by atoms with van der Waals surface area (Å²) in [5.74, 6) is -1.58. The quantitative estimate of drug-likeness (QED) is 0.125. The molecule has 2 aromatic carbocycles. The monoisotopic (exact) mass is 625 g/mol. The number of carbonyl (C=O) groups excluding carboxylic acids is 3. The molecule has 5 atom stereocenters. The molecule has 1 aliphatic rings. The highest BCUT2D eigenvalue weighted by Gasteiger charge is 2.54. The first kappa shape index (κ1) is 36.2. The summed E-state index contributed by atoms with van der Waals surface area (Å²) in [6.45, 7) is 5.51. The zero-order valence-electron chi connectivity index (χ0n) is 27.1. The van der Waals surface area contributed by atoms with Gasteiger partial charge in [0.25, 0.3) is 5.91 Å². The predicted octanol–water partition coefficient (Wildman–Crippen LogP) is 6.41. The SMILES string of the molecule is CCCCCCCCCCCCNC(=O)[C@@H](OCc1ccccc1)[C@H]1OC(OC(C)=O)[C@H](OC(C)=O)[C@H]1OCc1ccccc1. The Balaban J connectivity index is 1.70. The largest absolute Gasteiger partial charge is 0.453 e. The summed E-state index contributed by atoms with van der Waals surface area (Å²) >= 11 is 0. The van der Waals surface area contributed by atoms with E-state index in [4.69, 9.17) is 23.7 Å². The Hall–Kier alpha value is -3.27. The maximum absolute atomic E-state index is 13.7. The number of unbranched alkanes of at least 4 members (excludes halogenated alkanes) is 9. The lowest BCUT2D eigenvalue weighted by Crippen LogP contribution is -2.50. The Morgan fingerprint density at radius 1 is 0.711 bits per heavy atom. The Morgan fingerprint density at radius 2 is 1.24 bits per heavy atom. The molecule has 0 bridgehead atoms. The smallest absolute Gasteiger partial charge is 0.305 e. The maximum Gasteiger partial charge on any atom is 0.305 e. The molecule has 1 fully saturated rings. The Labute approximate surface area is 268 Å². The van der Waals surface area contributed by atoms with Gasteiger partial charge in [0.1, 0.15) is 12.2 Å². The number of carbonyl (C=O) groups is 3. The van der Waals surface area contributed by atoms with Crippen LogP contribution >= 0.6 is 0 Å². The lowest BCUT2D eigenvalue weighted by atomic mass is 10.0. The molecule has 1 unspecified atom stereocenters. The topological polar surface area (TPSA) is 109 Å². The van der Waals surface area contributed by atoms with Crippen LogP contribution in [-0.4, -0.2) is 55.1 Å². The van der Waals surface area contributed by atoms with Gasteiger partial charge in [-0.25, -0.2) is 0 Å². The van der Waals surface area contributed by atoms with Gasteiger partial charge in [-0.2, -0.15) is 0 Å². The third-order valence-corrected chi connectivity index (χ3v) is 7.74. The van der Waals surface area contributed by atoms with Crippen molar-refractivity contribution >= 4 is 17.8 Å². The molecule has 2 aromatic rings. The summed E-state index contributed by atoms with van der Waals surface area (Å²) in [6, 6.07) is 19.0. The standard InChI is InChI=1S/C36H51NO8/c1-4-5-6-7-8-9-10-11-12-19-24-37-35(40)33(42-26-30-22-17-14-18-23-30)32-31(41-25-29-20-15-13-16-21-29)34(43-27(2)38)36(45-32)44-28(3)39/h13-18,20-23,31-34,36H,4-12,19,24-26H2,1-3H3,(H,37,40)/t31-,32-,33-,34+,36?/m0/s1. The maximum atomic E-state index is 13.7. The van der Waals surface area contributed by atoms with Gasteiger partial charge in [0.05, 0.1) is 13.2 Å². The van der Waals surface area contributed by atoms with E-state index in [9.17, 15) is 14.4 Å². The van der Waals surface area contributed by atoms with Crippen molar-refractivity contribution in [1.82, 2.24) is 5.32 Å². The summed E-state index contributed by atoms with van der Waals surface area (Å²) < 4.78 is 29.6. The number of rotatable bonds is 21. The fourth-order valence-electron chi connectivity index (χ4n) is 5.43. The number of benzene rings is 2. The van der Waals surface area contributed by atoms with Crippen molar-refractivity contribution in [2.24, 2.45) is 0 Å². The lowest BCUT2D eigenvalue weighted by molar-refractivity contribution is -0.201. The molecule has 0 saturated carbocycles. The van der Waals surface area contributed by atoms with E-state index in [1.54, 1.807) is 0 Å². The van der Waals surface area contributed by atoms with E-state index in [-0.39, 0.29) is 19.1 Å². The van der Waals surface area contributed by atoms with Crippen molar-refractivity contribution in [1.29, 1.82) is 0 Å². The third kappa shape index (κ3) is 13.3. The molecule has 1 heterocycles. The number of hydrogen-bond acceptors (Lipinski definition) is 8. The molecule has 1 amide bonds. The number of nitrogens with one attached hydrogen (secondary N) is 1. The van der Waals surface area contributed by atoms with Crippen LogP contribution in [0.4, 0.5) is 0 Å². The van der Waals surface area contributed by atoms with Crippen LogP contribution in [0.5, 0.6) is 0 Å². The lowest BCUT2D eigenvalue weighted by Gasteiger charge is -2.28. The third-order valence-electron chi connectivity index (χ3n) is 7.74. The highest BCUT2D eigenvalue weighted by Crippen LogP contribution is 2.32. The van der Waals surface area contributed by atoms with E-state index in [1.165, 1.54) is 58.8 Å². The Kier molecular flexibility index (Phi) is 16.7. The minimum absolute atomic E-state index is 0.138. The van der Waals surface area contributed by atoms with E-state index in [0.717, 1.165) is 30.4 Å². The van der Waals surface area contributed by atoms with Crippen molar-refractivity contribution in [2.45, 2.75) is 129 Å². The van der Waals surface area contributed by atoms with Crippen molar-refractivity contribution in [3.63, 3.8) is 0 Å². The predicted molar refractivity (Wildman–Crippen MR) is 171 cm³/mol. The molecule has 45 heavy (non-hydrogen) atoms. The zero-order chi connectivity index (χ0) is 32.3. The van der Waals surface area contributed by atoms with Crippen LogP contribution < -0.4 is 5.32 Å². The average molecular weight is 626 g/mol. The molecular weight excluding hydrogens is 574 g/mol.